The molecule has 344 valence electrons. The van der Waals surface area contributed by atoms with Crippen molar-refractivity contribution in [3.8, 4) is 0 Å². The number of carbonyl (C=O) groups excluding carboxylic acids is 3. The monoisotopic (exact) mass is 877 g/mol. The number of hydrogen-bond donors (Lipinski definition) is 10. The SMILES string of the molecule is COCCCCOCC1OC(OC2C(O)C(CO)OC(OC3C(O)C(CO)OC(OCCCCCOP(C)(=O)O)C3NC(C)=O)C2NC(C)=O)C(NC(C)=O)C(O)C1O. The van der Waals surface area contributed by atoms with E-state index in [-0.39, 0.29) is 26.4 Å². The fraction of sp³-hybridized carbons (Fsp3) is 0.914. The molecule has 0 aliphatic carbocycles. The summed E-state index contributed by atoms with van der Waals surface area (Å²) in [7, 11) is -2.07. The van der Waals surface area contributed by atoms with E-state index in [0.717, 1.165) is 20.5 Å². The maximum absolute atomic E-state index is 12.7. The normalized spacial score (nSPS) is 36.0. The lowest BCUT2D eigenvalue weighted by atomic mass is 9.93. The number of ether oxygens (including phenoxy) is 8. The highest BCUT2D eigenvalue weighted by Crippen LogP contribution is 2.37. The zero-order valence-electron chi connectivity index (χ0n) is 34.0. The summed E-state index contributed by atoms with van der Waals surface area (Å²) in [6, 6.07) is -4.21. The molecule has 3 saturated heterocycles. The van der Waals surface area contributed by atoms with E-state index in [9.17, 15) is 54.5 Å². The van der Waals surface area contributed by atoms with Crippen LogP contribution in [0.25, 0.3) is 0 Å². The van der Waals surface area contributed by atoms with E-state index < -0.39 is 130 Å². The molecule has 23 nitrogen and oxygen atoms in total. The largest absolute Gasteiger partial charge is 0.394 e. The second kappa shape index (κ2) is 25.2. The number of aliphatic hydroxyl groups excluding tert-OH is 6. The van der Waals surface area contributed by atoms with Gasteiger partial charge < -0.3 is 93.9 Å². The summed E-state index contributed by atoms with van der Waals surface area (Å²) in [5, 5.41) is 73.2. The number of hydrogen-bond acceptors (Lipinski definition) is 19. The minimum Gasteiger partial charge on any atom is -0.394 e. The minimum absolute atomic E-state index is 0.0328. The van der Waals surface area contributed by atoms with Crippen LogP contribution in [0.1, 0.15) is 52.9 Å². The molecule has 3 aliphatic rings. The van der Waals surface area contributed by atoms with Gasteiger partial charge in [-0.05, 0) is 32.1 Å². The predicted molar refractivity (Wildman–Crippen MR) is 200 cm³/mol. The maximum Gasteiger partial charge on any atom is 0.325 e. The molecule has 0 bridgehead atoms. The molecular weight excluding hydrogens is 813 g/mol. The van der Waals surface area contributed by atoms with Crippen LogP contribution in [0.4, 0.5) is 0 Å². The van der Waals surface area contributed by atoms with E-state index in [4.69, 9.17) is 42.4 Å². The Hall–Kier alpha value is -2.00. The Bertz CT molecular complexity index is 1330. The molecule has 3 amide bonds. The van der Waals surface area contributed by atoms with Crippen molar-refractivity contribution in [3.63, 3.8) is 0 Å². The highest BCUT2D eigenvalue weighted by molar-refractivity contribution is 7.51. The van der Waals surface area contributed by atoms with Crippen LogP contribution in [-0.4, -0.2) is 205 Å². The molecule has 0 saturated carbocycles. The van der Waals surface area contributed by atoms with Crippen molar-refractivity contribution in [1.29, 1.82) is 0 Å². The topological polar surface area (TPSA) is 329 Å². The van der Waals surface area contributed by atoms with Gasteiger partial charge >= 0.3 is 7.60 Å². The van der Waals surface area contributed by atoms with Crippen LogP contribution < -0.4 is 16.0 Å². The van der Waals surface area contributed by atoms with Crippen molar-refractivity contribution in [3.05, 3.63) is 0 Å². The molecule has 59 heavy (non-hydrogen) atoms. The third-order valence-electron chi connectivity index (χ3n) is 9.67. The molecule has 16 atom stereocenters. The first-order chi connectivity index (χ1) is 27.9. The first-order valence-corrected chi connectivity index (χ1v) is 21.6. The third kappa shape index (κ3) is 16.0. The smallest absolute Gasteiger partial charge is 0.325 e. The second-order valence-electron chi connectivity index (χ2n) is 14.7. The Morgan fingerprint density at radius 1 is 0.610 bits per heavy atom. The molecular formula is C35H64N3O20P. The summed E-state index contributed by atoms with van der Waals surface area (Å²) in [5.74, 6) is -1.91. The molecule has 3 fully saturated rings. The average molecular weight is 878 g/mol. The number of rotatable bonds is 24. The molecule has 10 N–H and O–H groups in total. The van der Waals surface area contributed by atoms with E-state index in [2.05, 4.69) is 16.0 Å². The average Bonchev–Trinajstić information content (AvgIpc) is 3.16. The van der Waals surface area contributed by atoms with Gasteiger partial charge in [-0.1, -0.05) is 0 Å². The van der Waals surface area contributed by atoms with E-state index >= 15 is 0 Å². The van der Waals surface area contributed by atoms with Crippen molar-refractivity contribution in [2.75, 3.05) is 60.0 Å². The minimum atomic E-state index is -3.63. The number of aliphatic hydroxyl groups is 6. The molecule has 24 heteroatoms. The van der Waals surface area contributed by atoms with Crippen LogP contribution in [-0.2, 0) is 61.4 Å². The molecule has 3 rings (SSSR count). The molecule has 0 spiro atoms. The third-order valence-corrected chi connectivity index (χ3v) is 10.3. The van der Waals surface area contributed by atoms with E-state index in [1.807, 2.05) is 0 Å². The Labute approximate surface area is 342 Å². The van der Waals surface area contributed by atoms with Crippen LogP contribution in [0.5, 0.6) is 0 Å². The summed E-state index contributed by atoms with van der Waals surface area (Å²) in [5.41, 5.74) is 0. The lowest BCUT2D eigenvalue weighted by molar-refractivity contribution is -0.349. The Morgan fingerprint density at radius 2 is 1.07 bits per heavy atom. The highest BCUT2D eigenvalue weighted by atomic mass is 31.2. The number of carbonyl (C=O) groups is 3. The molecule has 3 aliphatic heterocycles. The Balaban J connectivity index is 1.91. The summed E-state index contributed by atoms with van der Waals surface area (Å²) in [6.07, 6.45) is -15.8. The molecule has 0 radical (unpaired) electrons. The van der Waals surface area contributed by atoms with Crippen LogP contribution in [0.15, 0.2) is 0 Å². The summed E-state index contributed by atoms with van der Waals surface area (Å²) in [4.78, 5) is 46.7. The van der Waals surface area contributed by atoms with Gasteiger partial charge in [0.1, 0.15) is 73.1 Å². The Morgan fingerprint density at radius 3 is 1.59 bits per heavy atom. The Kier molecular flexibility index (Phi) is 21.9. The summed E-state index contributed by atoms with van der Waals surface area (Å²) < 4.78 is 63.2. The molecule has 3 heterocycles. The van der Waals surface area contributed by atoms with Gasteiger partial charge in [0.05, 0.1) is 26.4 Å². The van der Waals surface area contributed by atoms with Gasteiger partial charge in [-0.15, -0.1) is 0 Å². The van der Waals surface area contributed by atoms with Gasteiger partial charge in [-0.2, -0.15) is 0 Å². The lowest BCUT2D eigenvalue weighted by Crippen LogP contribution is -2.71. The highest BCUT2D eigenvalue weighted by Gasteiger charge is 2.55. The molecule has 0 aromatic carbocycles. The zero-order valence-corrected chi connectivity index (χ0v) is 34.9. The molecule has 0 aromatic heterocycles. The van der Waals surface area contributed by atoms with Crippen LogP contribution in [0.3, 0.4) is 0 Å². The van der Waals surface area contributed by atoms with Crippen molar-refractivity contribution in [2.45, 2.75) is 145 Å². The van der Waals surface area contributed by atoms with E-state index in [1.54, 1.807) is 7.11 Å². The van der Waals surface area contributed by atoms with E-state index in [0.29, 0.717) is 38.7 Å². The first kappa shape index (κ1) is 51.4. The van der Waals surface area contributed by atoms with Crippen molar-refractivity contribution < 1.29 is 96.9 Å². The summed E-state index contributed by atoms with van der Waals surface area (Å²) in [6.45, 7) is 3.62. The number of amides is 3. The van der Waals surface area contributed by atoms with Gasteiger partial charge in [-0.25, -0.2) is 0 Å². The van der Waals surface area contributed by atoms with Crippen molar-refractivity contribution in [1.82, 2.24) is 16.0 Å². The number of nitrogens with one attached hydrogen (secondary N) is 3. The van der Waals surface area contributed by atoms with Crippen LogP contribution in [0.2, 0.25) is 0 Å². The standard InChI is InChI=1S/C35H64N3O20P/c1-18(41)36-24-30(47)27(44)23(17-51-12-10-9-11-50-4)56-34(24)57-32-26(38-20(3)43)35(55-22(16-40)29(32)46)58-31-25(37-19(2)42)33(54-21(15-39)28(31)45)52-13-7-6-8-14-53-59(5,48)49/h21-35,39-40,44-47H,6-17H2,1-5H3,(H,36,41)(H,37,42)(H,38,43)(H,48,49). The van der Waals surface area contributed by atoms with Gasteiger partial charge in [0.2, 0.25) is 17.7 Å². The quantitative estimate of drug-likeness (QED) is 0.0330. The van der Waals surface area contributed by atoms with Crippen molar-refractivity contribution in [2.24, 2.45) is 0 Å². The fourth-order valence-corrected chi connectivity index (χ4v) is 7.31. The van der Waals surface area contributed by atoms with Crippen LogP contribution in [0, 0.1) is 0 Å². The van der Waals surface area contributed by atoms with Gasteiger partial charge in [0.15, 0.2) is 18.9 Å². The number of unbranched alkanes of at least 4 members (excludes halogenated alkanes) is 3. The lowest BCUT2D eigenvalue weighted by Gasteiger charge is -2.50. The second-order valence-corrected chi connectivity index (χ2v) is 16.5. The van der Waals surface area contributed by atoms with Gasteiger partial charge in [-0.3, -0.25) is 18.9 Å². The van der Waals surface area contributed by atoms with Crippen LogP contribution >= 0.6 is 7.60 Å². The fourth-order valence-electron chi connectivity index (χ4n) is 6.84. The number of methoxy groups -OCH3 is 1. The van der Waals surface area contributed by atoms with Gasteiger partial charge in [0, 0.05) is 54.4 Å². The first-order valence-electron chi connectivity index (χ1n) is 19.6. The maximum atomic E-state index is 12.7. The zero-order chi connectivity index (χ0) is 43.9. The van der Waals surface area contributed by atoms with Crippen molar-refractivity contribution >= 4 is 25.3 Å². The van der Waals surface area contributed by atoms with E-state index in [1.165, 1.54) is 6.92 Å². The predicted octanol–water partition coefficient (Wildman–Crippen LogP) is -3.66. The molecule has 0 aromatic rings. The summed E-state index contributed by atoms with van der Waals surface area (Å²) >= 11 is 0. The molecule has 16 unspecified atom stereocenters. The van der Waals surface area contributed by atoms with Gasteiger partial charge in [0.25, 0.3) is 0 Å².